The van der Waals surface area contributed by atoms with Gasteiger partial charge in [-0.05, 0) is 38.6 Å². The monoisotopic (exact) mass is 473 g/mol. The highest BCUT2D eigenvalue weighted by Gasteiger charge is 2.32. The van der Waals surface area contributed by atoms with Crippen molar-refractivity contribution in [3.8, 4) is 0 Å². The number of anilines is 1. The van der Waals surface area contributed by atoms with Gasteiger partial charge in [-0.2, -0.15) is 0 Å². The molecule has 4 heterocycles. The van der Waals surface area contributed by atoms with Gasteiger partial charge in [-0.3, -0.25) is 18.9 Å². The normalized spacial score (nSPS) is 19.0. The molecule has 2 saturated heterocycles. The number of piperazine rings is 1. The van der Waals surface area contributed by atoms with E-state index in [1.54, 1.807) is 23.2 Å². The number of fused-ring (bicyclic) bond motifs is 1. The van der Waals surface area contributed by atoms with Crippen molar-refractivity contribution in [2.75, 3.05) is 57.9 Å². The topological polar surface area (TPSA) is 70.4 Å². The summed E-state index contributed by atoms with van der Waals surface area (Å²) < 4.78 is 7.40. The van der Waals surface area contributed by atoms with E-state index in [0.29, 0.717) is 52.4 Å². The Morgan fingerprint density at radius 1 is 1.22 bits per heavy atom. The molecule has 2 aliphatic heterocycles. The van der Waals surface area contributed by atoms with E-state index in [1.807, 2.05) is 19.1 Å². The number of ether oxygens (including phenoxy) is 1. The lowest BCUT2D eigenvalue weighted by molar-refractivity contribution is -0.122. The van der Waals surface area contributed by atoms with Crippen molar-refractivity contribution in [3.63, 3.8) is 0 Å². The standard InChI is InChI=1S/C22H27N5O3S2/c1-3-30-14-6-9-27-21(29)17(32-22(27)31)15-16-19(25-12-10-24(2)11-13-25)23-18-7-4-5-8-26(18)20(16)28/h4-5,7-8,15H,3,6,9-14H2,1-2H3. The van der Waals surface area contributed by atoms with Crippen molar-refractivity contribution in [3.05, 3.63) is 45.2 Å². The molecule has 8 nitrogen and oxygen atoms in total. The maximum Gasteiger partial charge on any atom is 0.267 e. The third-order valence-electron chi connectivity index (χ3n) is 5.58. The van der Waals surface area contributed by atoms with Crippen molar-refractivity contribution in [2.45, 2.75) is 13.3 Å². The summed E-state index contributed by atoms with van der Waals surface area (Å²) in [5, 5.41) is 0. The number of thiocarbonyl (C=S) groups is 1. The second-order valence-corrected chi connectivity index (χ2v) is 9.43. The summed E-state index contributed by atoms with van der Waals surface area (Å²) in [7, 11) is 2.08. The zero-order valence-electron chi connectivity index (χ0n) is 18.3. The Kier molecular flexibility index (Phi) is 7.24. The second-order valence-electron chi connectivity index (χ2n) is 7.76. The van der Waals surface area contributed by atoms with Gasteiger partial charge < -0.3 is 14.5 Å². The van der Waals surface area contributed by atoms with Gasteiger partial charge >= 0.3 is 0 Å². The first-order valence-corrected chi connectivity index (χ1v) is 12.0. The summed E-state index contributed by atoms with van der Waals surface area (Å²) >= 11 is 6.68. The summed E-state index contributed by atoms with van der Waals surface area (Å²) in [4.78, 5) is 37.7. The van der Waals surface area contributed by atoms with Gasteiger partial charge in [-0.15, -0.1) is 0 Å². The molecule has 0 radical (unpaired) electrons. The number of nitrogens with zero attached hydrogens (tertiary/aromatic N) is 5. The first kappa shape index (κ1) is 22.9. The first-order valence-electron chi connectivity index (χ1n) is 10.8. The van der Waals surface area contributed by atoms with Gasteiger partial charge in [0, 0.05) is 52.1 Å². The van der Waals surface area contributed by atoms with Crippen LogP contribution in [0.15, 0.2) is 34.1 Å². The number of thioether (sulfide) groups is 1. The van der Waals surface area contributed by atoms with Crippen LogP contribution < -0.4 is 10.5 Å². The van der Waals surface area contributed by atoms with Gasteiger partial charge in [0.25, 0.3) is 11.5 Å². The molecule has 2 fully saturated rings. The van der Waals surface area contributed by atoms with Crippen LogP contribution in [0.5, 0.6) is 0 Å². The predicted octanol–water partition coefficient (Wildman–Crippen LogP) is 2.07. The van der Waals surface area contributed by atoms with Gasteiger partial charge in [-0.25, -0.2) is 4.98 Å². The number of likely N-dealkylation sites (N-methyl/N-ethyl adjacent to an activating group) is 1. The van der Waals surface area contributed by atoms with E-state index < -0.39 is 0 Å². The fourth-order valence-corrected chi connectivity index (χ4v) is 5.06. The lowest BCUT2D eigenvalue weighted by Crippen LogP contribution is -2.45. The minimum atomic E-state index is -0.189. The lowest BCUT2D eigenvalue weighted by atomic mass is 10.2. The number of carbonyl (C=O) groups is 1. The summed E-state index contributed by atoms with van der Waals surface area (Å²) in [5.41, 5.74) is 0.825. The average molecular weight is 474 g/mol. The van der Waals surface area contributed by atoms with Crippen molar-refractivity contribution in [2.24, 2.45) is 0 Å². The molecule has 0 atom stereocenters. The third-order valence-corrected chi connectivity index (χ3v) is 6.95. The molecule has 0 bridgehead atoms. The van der Waals surface area contributed by atoms with Crippen LogP contribution in [0.4, 0.5) is 5.82 Å². The number of rotatable bonds is 7. The number of carbonyl (C=O) groups excluding carboxylic acids is 1. The maximum atomic E-state index is 13.4. The van der Waals surface area contributed by atoms with Crippen LogP contribution >= 0.6 is 24.0 Å². The Hall–Kier alpha value is -2.27. The summed E-state index contributed by atoms with van der Waals surface area (Å²) in [6, 6.07) is 5.48. The first-order chi connectivity index (χ1) is 15.5. The molecule has 0 N–H and O–H groups in total. The van der Waals surface area contributed by atoms with Gasteiger partial charge in [0.2, 0.25) is 0 Å². The van der Waals surface area contributed by atoms with Crippen molar-refractivity contribution < 1.29 is 9.53 Å². The van der Waals surface area contributed by atoms with Crippen LogP contribution in [-0.4, -0.2) is 82.4 Å². The van der Waals surface area contributed by atoms with Crippen molar-refractivity contribution in [1.82, 2.24) is 19.2 Å². The van der Waals surface area contributed by atoms with Crippen molar-refractivity contribution >= 4 is 51.7 Å². The Balaban J connectivity index is 1.70. The molecule has 0 saturated carbocycles. The van der Waals surface area contributed by atoms with Gasteiger partial charge in [0.05, 0.1) is 10.5 Å². The molecule has 10 heteroatoms. The predicted molar refractivity (Wildman–Crippen MR) is 132 cm³/mol. The Morgan fingerprint density at radius 2 is 2.00 bits per heavy atom. The highest BCUT2D eigenvalue weighted by Crippen LogP contribution is 2.33. The molecule has 2 aliphatic rings. The number of hydrogen-bond donors (Lipinski definition) is 0. The second kappa shape index (κ2) is 10.1. The van der Waals surface area contributed by atoms with Crippen LogP contribution in [0.25, 0.3) is 11.7 Å². The quantitative estimate of drug-likeness (QED) is 0.344. The van der Waals surface area contributed by atoms with Crippen LogP contribution in [0, 0.1) is 0 Å². The molecule has 4 rings (SSSR count). The SMILES string of the molecule is CCOCCCN1C(=O)C(=Cc2c(N3CCN(C)CC3)nc3ccccn3c2=O)SC1=S. The van der Waals surface area contributed by atoms with E-state index in [9.17, 15) is 9.59 Å². The molecule has 0 unspecified atom stereocenters. The smallest absolute Gasteiger partial charge is 0.267 e. The molecule has 0 aliphatic carbocycles. The van der Waals surface area contributed by atoms with E-state index in [4.69, 9.17) is 21.9 Å². The van der Waals surface area contributed by atoms with E-state index in [2.05, 4.69) is 16.8 Å². The number of hydrogen-bond acceptors (Lipinski definition) is 8. The van der Waals surface area contributed by atoms with Gasteiger partial charge in [-0.1, -0.05) is 30.0 Å². The molecule has 170 valence electrons. The maximum absolute atomic E-state index is 13.4. The van der Waals surface area contributed by atoms with Crippen molar-refractivity contribution in [1.29, 1.82) is 0 Å². The fourth-order valence-electron chi connectivity index (χ4n) is 3.77. The van der Waals surface area contributed by atoms with E-state index >= 15 is 0 Å². The molecule has 32 heavy (non-hydrogen) atoms. The molecule has 2 aromatic heterocycles. The molecule has 0 spiro atoms. The molecule has 1 amide bonds. The summed E-state index contributed by atoms with van der Waals surface area (Å²) in [5.74, 6) is 0.453. The fraction of sp³-hybridized carbons (Fsp3) is 0.455. The molecule has 2 aromatic rings. The largest absolute Gasteiger partial charge is 0.382 e. The van der Waals surface area contributed by atoms with Gasteiger partial charge in [0.15, 0.2) is 0 Å². The average Bonchev–Trinajstić information content (AvgIpc) is 3.06. The Labute approximate surface area is 196 Å². The van der Waals surface area contributed by atoms with Gasteiger partial charge in [0.1, 0.15) is 15.8 Å². The van der Waals surface area contributed by atoms with Crippen LogP contribution in [0.3, 0.4) is 0 Å². The number of pyridine rings is 1. The minimum Gasteiger partial charge on any atom is -0.382 e. The van der Waals surface area contributed by atoms with Crippen LogP contribution in [0.2, 0.25) is 0 Å². The highest BCUT2D eigenvalue weighted by atomic mass is 32.2. The third kappa shape index (κ3) is 4.73. The highest BCUT2D eigenvalue weighted by molar-refractivity contribution is 8.26. The Morgan fingerprint density at radius 3 is 2.75 bits per heavy atom. The molecular formula is C22H27N5O3S2. The summed E-state index contributed by atoms with van der Waals surface area (Å²) in [6.07, 6.45) is 4.08. The van der Waals surface area contributed by atoms with E-state index in [1.165, 1.54) is 16.2 Å². The number of aromatic nitrogens is 2. The Bertz CT molecular complexity index is 1110. The molecule has 0 aromatic carbocycles. The van der Waals surface area contributed by atoms with Crippen LogP contribution in [-0.2, 0) is 9.53 Å². The lowest BCUT2D eigenvalue weighted by Gasteiger charge is -2.34. The van der Waals surface area contributed by atoms with E-state index in [0.717, 1.165) is 26.2 Å². The zero-order chi connectivity index (χ0) is 22.7. The zero-order valence-corrected chi connectivity index (χ0v) is 20.0. The summed E-state index contributed by atoms with van der Waals surface area (Å²) in [6.45, 7) is 6.98. The molecular weight excluding hydrogens is 446 g/mol. The van der Waals surface area contributed by atoms with E-state index in [-0.39, 0.29) is 11.5 Å². The minimum absolute atomic E-state index is 0.168. The number of amides is 1. The van der Waals surface area contributed by atoms with Crippen LogP contribution in [0.1, 0.15) is 18.9 Å².